The van der Waals surface area contributed by atoms with E-state index >= 15 is 0 Å². The molecule has 0 aliphatic carbocycles. The molecular weight excluding hydrogens is 775 g/mol. The van der Waals surface area contributed by atoms with Crippen molar-refractivity contribution in [3.05, 3.63) is 205 Å². The van der Waals surface area contributed by atoms with Crippen LogP contribution in [-0.4, -0.2) is 16.1 Å². The van der Waals surface area contributed by atoms with E-state index in [-0.39, 0.29) is 5.92 Å². The van der Waals surface area contributed by atoms with Gasteiger partial charge in [-0.15, -0.1) is 11.3 Å². The number of aromatic nitrogens is 1. The second-order valence-corrected chi connectivity index (χ2v) is 17.6. The number of thiophene rings is 1. The first-order valence-corrected chi connectivity index (χ1v) is 22.1. The number of benzene rings is 9. The van der Waals surface area contributed by atoms with Crippen molar-refractivity contribution in [2.45, 2.75) is 13.3 Å². The molecule has 1 aliphatic rings. The lowest BCUT2D eigenvalue weighted by Gasteiger charge is -2.19. The number of hydrogen-bond donors (Lipinski definition) is 0. The monoisotopic (exact) mass is 811 g/mol. The van der Waals surface area contributed by atoms with Crippen molar-refractivity contribution < 1.29 is 4.42 Å². The van der Waals surface area contributed by atoms with Crippen LogP contribution in [0.15, 0.2) is 202 Å². The first-order chi connectivity index (χ1) is 30.6. The van der Waals surface area contributed by atoms with E-state index < -0.39 is 0 Å². The van der Waals surface area contributed by atoms with Crippen molar-refractivity contribution >= 4 is 114 Å². The molecule has 4 heterocycles. The second-order valence-electron chi connectivity index (χ2n) is 16.5. The standard InChI is InChI=1S/C57H37N3OS/c1-34-22-28-47(39-25-26-43-42-17-8-11-21-52(42)62-53(43)33-39)58-57(59-55(34)40-24-23-35-12-2-3-13-36(35)30-40)45-27-29-49(56-54(45)44-18-7-10-20-51(44)61-56)60-48-19-9-6-16-41(48)46-31-37-14-4-5-15-38(37)32-50(46)60/h2-21,23-34H,22H2,1H3/b47-28+,58-57?,59-55?. The molecule has 9 aromatic carbocycles. The number of aliphatic imine (C=N–C) groups is 2. The molecule has 5 heteroatoms. The highest BCUT2D eigenvalue weighted by Gasteiger charge is 2.25. The van der Waals surface area contributed by atoms with E-state index in [2.05, 4.69) is 193 Å². The van der Waals surface area contributed by atoms with Crippen LogP contribution in [0.2, 0.25) is 0 Å². The lowest BCUT2D eigenvalue weighted by atomic mass is 9.92. The molecule has 12 aromatic rings. The summed E-state index contributed by atoms with van der Waals surface area (Å²) < 4.78 is 11.9. The summed E-state index contributed by atoms with van der Waals surface area (Å²) >= 11 is 1.83. The zero-order chi connectivity index (χ0) is 40.9. The van der Waals surface area contributed by atoms with Crippen molar-refractivity contribution in [1.29, 1.82) is 0 Å². The van der Waals surface area contributed by atoms with Crippen molar-refractivity contribution in [2.75, 3.05) is 0 Å². The zero-order valence-corrected chi connectivity index (χ0v) is 34.7. The predicted octanol–water partition coefficient (Wildman–Crippen LogP) is 15.7. The molecule has 0 saturated heterocycles. The van der Waals surface area contributed by atoms with E-state index in [9.17, 15) is 0 Å². The lowest BCUT2D eigenvalue weighted by molar-refractivity contribution is 0.666. The Hall–Kier alpha value is -7.60. The average Bonchev–Trinajstić information content (AvgIpc) is 3.99. The summed E-state index contributed by atoms with van der Waals surface area (Å²) in [6.07, 6.45) is 3.12. The van der Waals surface area contributed by atoms with Gasteiger partial charge in [0.25, 0.3) is 0 Å². The van der Waals surface area contributed by atoms with Gasteiger partial charge in [-0.25, -0.2) is 9.98 Å². The van der Waals surface area contributed by atoms with Crippen LogP contribution in [0.25, 0.3) is 96.8 Å². The van der Waals surface area contributed by atoms with Crippen molar-refractivity contribution in [1.82, 2.24) is 4.57 Å². The minimum Gasteiger partial charge on any atom is -0.454 e. The van der Waals surface area contributed by atoms with E-state index in [1.54, 1.807) is 0 Å². The van der Waals surface area contributed by atoms with Crippen LogP contribution in [0.3, 0.4) is 0 Å². The first-order valence-electron chi connectivity index (χ1n) is 21.3. The maximum atomic E-state index is 7.01. The largest absolute Gasteiger partial charge is 0.454 e. The first kappa shape index (κ1) is 35.2. The predicted molar refractivity (Wildman–Crippen MR) is 264 cm³/mol. The van der Waals surface area contributed by atoms with Gasteiger partial charge in [-0.1, -0.05) is 140 Å². The average molecular weight is 812 g/mol. The Bertz CT molecular complexity index is 3930. The van der Waals surface area contributed by atoms with Gasteiger partial charge in [-0.05, 0) is 88.1 Å². The summed E-state index contributed by atoms with van der Waals surface area (Å²) in [7, 11) is 0. The Morgan fingerprint density at radius 3 is 2.10 bits per heavy atom. The third-order valence-corrected chi connectivity index (χ3v) is 14.0. The Morgan fingerprint density at radius 1 is 0.532 bits per heavy atom. The normalized spacial score (nSPS) is 15.8. The molecule has 292 valence electrons. The molecule has 62 heavy (non-hydrogen) atoms. The van der Waals surface area contributed by atoms with Crippen LogP contribution in [0.4, 0.5) is 0 Å². The second kappa shape index (κ2) is 13.7. The molecule has 0 spiro atoms. The highest BCUT2D eigenvalue weighted by Crippen LogP contribution is 2.42. The van der Waals surface area contributed by atoms with Gasteiger partial charge in [0, 0.05) is 58.8 Å². The third-order valence-electron chi connectivity index (χ3n) is 12.8. The van der Waals surface area contributed by atoms with Crippen LogP contribution in [0.1, 0.15) is 30.0 Å². The maximum absolute atomic E-state index is 7.01. The zero-order valence-electron chi connectivity index (χ0n) is 33.8. The fraction of sp³-hybridized carbons (Fsp3) is 0.0526. The summed E-state index contributed by atoms with van der Waals surface area (Å²) in [4.78, 5) is 11.3. The van der Waals surface area contributed by atoms with Gasteiger partial charge in [0.2, 0.25) is 0 Å². The van der Waals surface area contributed by atoms with E-state index in [1.165, 1.54) is 52.5 Å². The Morgan fingerprint density at radius 2 is 1.23 bits per heavy atom. The molecule has 0 N–H and O–H groups in total. The third kappa shape index (κ3) is 5.45. The van der Waals surface area contributed by atoms with Crippen LogP contribution < -0.4 is 0 Å². The highest BCUT2D eigenvalue weighted by atomic mass is 32.1. The Balaban J connectivity index is 1.08. The molecule has 1 atom stereocenters. The molecule has 13 rings (SSSR count). The SMILES string of the molecule is CC1C/C=C(\c2ccc3c(c2)sc2ccccc23)N=C(c2ccc(-n3c4ccccc4c4cc5ccccc5cc43)c3oc4ccccc4c23)N=C1c1ccc2ccccc2c1. The molecule has 0 bridgehead atoms. The smallest absolute Gasteiger partial charge is 0.160 e. The highest BCUT2D eigenvalue weighted by molar-refractivity contribution is 7.25. The fourth-order valence-electron chi connectivity index (χ4n) is 9.79. The fourth-order valence-corrected chi connectivity index (χ4v) is 10.9. The number of allylic oxidation sites excluding steroid dienone is 1. The summed E-state index contributed by atoms with van der Waals surface area (Å²) in [5.41, 5.74) is 9.93. The van der Waals surface area contributed by atoms with Gasteiger partial charge >= 0.3 is 0 Å². The van der Waals surface area contributed by atoms with Crippen LogP contribution >= 0.6 is 11.3 Å². The van der Waals surface area contributed by atoms with Crippen molar-refractivity contribution in [2.24, 2.45) is 15.9 Å². The molecule has 1 unspecified atom stereocenters. The molecule has 0 fully saturated rings. The molecule has 0 amide bonds. The number of furan rings is 1. The number of hydrogen-bond acceptors (Lipinski definition) is 4. The van der Waals surface area contributed by atoms with Crippen LogP contribution in [0.5, 0.6) is 0 Å². The lowest BCUT2D eigenvalue weighted by Crippen LogP contribution is -2.17. The number of nitrogens with zero attached hydrogens (tertiary/aromatic N) is 3. The van der Waals surface area contributed by atoms with Gasteiger partial charge in [0.05, 0.1) is 28.1 Å². The minimum atomic E-state index is 0.119. The number of fused-ring (bicyclic) bond motifs is 11. The topological polar surface area (TPSA) is 42.8 Å². The van der Waals surface area contributed by atoms with Gasteiger partial charge < -0.3 is 8.98 Å². The molecule has 1 aliphatic heterocycles. The van der Waals surface area contributed by atoms with Crippen molar-refractivity contribution in [3.63, 3.8) is 0 Å². The molecular formula is C57H37N3OS. The van der Waals surface area contributed by atoms with E-state index in [0.717, 1.165) is 73.2 Å². The van der Waals surface area contributed by atoms with Gasteiger partial charge in [0.15, 0.2) is 11.4 Å². The summed E-state index contributed by atoms with van der Waals surface area (Å²) in [6, 6.07) is 65.5. The van der Waals surface area contributed by atoms with Gasteiger partial charge in [-0.3, -0.25) is 0 Å². The quantitative estimate of drug-likeness (QED) is 0.175. The summed E-state index contributed by atoms with van der Waals surface area (Å²) in [6.45, 7) is 2.29. The Labute approximate surface area is 361 Å². The van der Waals surface area contributed by atoms with E-state index in [0.29, 0.717) is 5.84 Å². The summed E-state index contributed by atoms with van der Waals surface area (Å²) in [5.74, 6) is 0.784. The molecule has 0 saturated carbocycles. The van der Waals surface area contributed by atoms with Crippen LogP contribution in [0, 0.1) is 5.92 Å². The molecule has 4 nitrogen and oxygen atoms in total. The Kier molecular flexibility index (Phi) is 7.78. The maximum Gasteiger partial charge on any atom is 0.160 e. The molecule has 0 radical (unpaired) electrons. The van der Waals surface area contributed by atoms with Crippen LogP contribution in [-0.2, 0) is 0 Å². The van der Waals surface area contributed by atoms with Gasteiger partial charge in [0.1, 0.15) is 5.58 Å². The van der Waals surface area contributed by atoms with E-state index in [4.69, 9.17) is 14.4 Å². The van der Waals surface area contributed by atoms with Crippen molar-refractivity contribution in [3.8, 4) is 5.69 Å². The number of rotatable bonds is 4. The number of amidine groups is 1. The number of para-hydroxylation sites is 2. The molecule has 3 aromatic heterocycles. The van der Waals surface area contributed by atoms with E-state index in [1.807, 2.05) is 17.4 Å². The summed E-state index contributed by atoms with van der Waals surface area (Å²) in [5, 5.41) is 11.8. The van der Waals surface area contributed by atoms with Gasteiger partial charge in [-0.2, -0.15) is 0 Å². The minimum absolute atomic E-state index is 0.119.